The van der Waals surface area contributed by atoms with Gasteiger partial charge in [0.05, 0.1) is 17.7 Å². The molecule has 1 atom stereocenters. The molecule has 3 aromatic rings. The van der Waals surface area contributed by atoms with E-state index in [4.69, 9.17) is 5.26 Å². The number of amides is 1. The van der Waals surface area contributed by atoms with E-state index in [9.17, 15) is 4.79 Å². The topological polar surface area (TPSA) is 52.9 Å². The molecule has 4 heteroatoms. The van der Waals surface area contributed by atoms with Crippen LogP contribution < -0.4 is 5.32 Å². The van der Waals surface area contributed by atoms with Crippen molar-refractivity contribution in [2.45, 2.75) is 6.04 Å². The Morgan fingerprint density at radius 3 is 2.35 bits per heavy atom. The van der Waals surface area contributed by atoms with Crippen molar-refractivity contribution in [3.63, 3.8) is 0 Å². The molecule has 0 fully saturated rings. The first-order valence-electron chi connectivity index (χ1n) is 7.17. The number of rotatable bonds is 4. The Bertz CT molecular complexity index is 818. The second kappa shape index (κ2) is 6.91. The molecule has 0 aliphatic carbocycles. The SMILES string of the molecule is N#Cc1ccc(C(=O)NC(c2ccccc2)c2cccs2)cc1. The Balaban J connectivity index is 1.86. The van der Waals surface area contributed by atoms with Crippen LogP contribution in [0.4, 0.5) is 0 Å². The van der Waals surface area contributed by atoms with E-state index in [1.807, 2.05) is 47.8 Å². The van der Waals surface area contributed by atoms with Gasteiger partial charge in [0.2, 0.25) is 0 Å². The summed E-state index contributed by atoms with van der Waals surface area (Å²) in [6.07, 6.45) is 0. The van der Waals surface area contributed by atoms with Gasteiger partial charge in [-0.2, -0.15) is 5.26 Å². The summed E-state index contributed by atoms with van der Waals surface area (Å²) in [5.74, 6) is -0.156. The normalized spacial score (nSPS) is 11.4. The molecule has 1 aromatic heterocycles. The molecule has 3 nitrogen and oxygen atoms in total. The number of hydrogen-bond acceptors (Lipinski definition) is 3. The molecule has 1 amide bonds. The fourth-order valence-electron chi connectivity index (χ4n) is 2.33. The second-order valence-corrected chi connectivity index (χ2v) is 6.00. The summed E-state index contributed by atoms with van der Waals surface area (Å²) in [6.45, 7) is 0. The minimum absolute atomic E-state index is 0.156. The van der Waals surface area contributed by atoms with E-state index in [0.717, 1.165) is 10.4 Å². The summed E-state index contributed by atoms with van der Waals surface area (Å²) >= 11 is 1.61. The van der Waals surface area contributed by atoms with Crippen molar-refractivity contribution < 1.29 is 4.79 Å². The molecule has 0 aliphatic rings. The van der Waals surface area contributed by atoms with E-state index in [0.29, 0.717) is 11.1 Å². The van der Waals surface area contributed by atoms with Gasteiger partial charge in [-0.1, -0.05) is 36.4 Å². The van der Waals surface area contributed by atoms with Crippen molar-refractivity contribution in [2.24, 2.45) is 0 Å². The number of hydrogen-bond donors (Lipinski definition) is 1. The first-order chi connectivity index (χ1) is 11.3. The van der Waals surface area contributed by atoms with Crippen LogP contribution in [0.1, 0.15) is 32.4 Å². The maximum absolute atomic E-state index is 12.5. The Labute approximate surface area is 138 Å². The third-order valence-corrected chi connectivity index (χ3v) is 4.45. The van der Waals surface area contributed by atoms with Gasteiger partial charge in [-0.15, -0.1) is 11.3 Å². The van der Waals surface area contributed by atoms with Crippen molar-refractivity contribution >= 4 is 17.2 Å². The summed E-state index contributed by atoms with van der Waals surface area (Å²) in [4.78, 5) is 13.6. The zero-order chi connectivity index (χ0) is 16.1. The number of nitrogens with zero attached hydrogens (tertiary/aromatic N) is 1. The molecule has 0 bridgehead atoms. The molecule has 0 aliphatic heterocycles. The van der Waals surface area contributed by atoms with E-state index in [1.165, 1.54) is 0 Å². The lowest BCUT2D eigenvalue weighted by atomic mass is 10.0. The summed E-state index contributed by atoms with van der Waals surface area (Å²) in [6, 6.07) is 22.4. The van der Waals surface area contributed by atoms with Crippen LogP contribution in [-0.4, -0.2) is 5.91 Å². The van der Waals surface area contributed by atoms with Gasteiger partial charge >= 0.3 is 0 Å². The number of nitrogens with one attached hydrogen (secondary N) is 1. The Morgan fingerprint density at radius 2 is 1.74 bits per heavy atom. The zero-order valence-corrected chi connectivity index (χ0v) is 13.1. The van der Waals surface area contributed by atoms with Crippen molar-refractivity contribution in [1.29, 1.82) is 5.26 Å². The van der Waals surface area contributed by atoms with Crippen LogP contribution in [0.15, 0.2) is 72.1 Å². The van der Waals surface area contributed by atoms with Crippen LogP contribution >= 0.6 is 11.3 Å². The largest absolute Gasteiger partial charge is 0.340 e. The molecule has 0 saturated heterocycles. The standard InChI is InChI=1S/C19H14N2OS/c20-13-14-8-10-16(11-9-14)19(22)21-18(17-7-4-12-23-17)15-5-2-1-3-6-15/h1-12,18H,(H,21,22). The van der Waals surface area contributed by atoms with Crippen molar-refractivity contribution in [3.05, 3.63) is 93.7 Å². The van der Waals surface area contributed by atoms with E-state index < -0.39 is 0 Å². The molecule has 0 saturated carbocycles. The molecule has 112 valence electrons. The van der Waals surface area contributed by atoms with E-state index in [2.05, 4.69) is 11.4 Å². The summed E-state index contributed by atoms with van der Waals surface area (Å²) in [5.41, 5.74) is 2.12. The number of nitriles is 1. The van der Waals surface area contributed by atoms with Crippen molar-refractivity contribution in [3.8, 4) is 6.07 Å². The van der Waals surface area contributed by atoms with Crippen LogP contribution in [-0.2, 0) is 0 Å². The van der Waals surface area contributed by atoms with Gasteiger partial charge in [0.1, 0.15) is 0 Å². The minimum Gasteiger partial charge on any atom is -0.340 e. The van der Waals surface area contributed by atoms with Crippen LogP contribution in [0.2, 0.25) is 0 Å². The smallest absolute Gasteiger partial charge is 0.252 e. The average Bonchev–Trinajstić information content (AvgIpc) is 3.14. The molecule has 0 spiro atoms. The maximum Gasteiger partial charge on any atom is 0.252 e. The second-order valence-electron chi connectivity index (χ2n) is 5.02. The fraction of sp³-hybridized carbons (Fsp3) is 0.0526. The lowest BCUT2D eigenvalue weighted by molar-refractivity contribution is 0.0943. The molecule has 23 heavy (non-hydrogen) atoms. The van der Waals surface area contributed by atoms with Crippen LogP contribution in [0, 0.1) is 11.3 Å². The van der Waals surface area contributed by atoms with E-state index in [-0.39, 0.29) is 11.9 Å². The number of benzene rings is 2. The lowest BCUT2D eigenvalue weighted by Gasteiger charge is -2.18. The van der Waals surface area contributed by atoms with Gasteiger partial charge in [0.15, 0.2) is 0 Å². The molecule has 1 N–H and O–H groups in total. The summed E-state index contributed by atoms with van der Waals surface area (Å²) in [7, 11) is 0. The zero-order valence-electron chi connectivity index (χ0n) is 12.3. The Kier molecular flexibility index (Phi) is 4.51. The van der Waals surface area contributed by atoms with E-state index in [1.54, 1.807) is 35.6 Å². The van der Waals surface area contributed by atoms with Crippen LogP contribution in [0.25, 0.3) is 0 Å². The number of thiophene rings is 1. The predicted molar refractivity (Wildman–Crippen MR) is 91.2 cm³/mol. The molecule has 1 unspecified atom stereocenters. The number of carbonyl (C=O) groups excluding carboxylic acids is 1. The predicted octanol–water partition coefficient (Wildman–Crippen LogP) is 4.14. The van der Waals surface area contributed by atoms with Gasteiger partial charge in [0.25, 0.3) is 5.91 Å². The first kappa shape index (κ1) is 15.0. The minimum atomic E-state index is -0.181. The average molecular weight is 318 g/mol. The van der Waals surface area contributed by atoms with Crippen LogP contribution in [0.3, 0.4) is 0 Å². The third kappa shape index (κ3) is 3.47. The molecule has 2 aromatic carbocycles. The Hall–Kier alpha value is -2.90. The molecule has 3 rings (SSSR count). The Morgan fingerprint density at radius 1 is 1.00 bits per heavy atom. The van der Waals surface area contributed by atoms with Crippen molar-refractivity contribution in [1.82, 2.24) is 5.32 Å². The third-order valence-electron chi connectivity index (χ3n) is 3.51. The lowest BCUT2D eigenvalue weighted by Crippen LogP contribution is -2.28. The maximum atomic E-state index is 12.5. The van der Waals surface area contributed by atoms with Gasteiger partial charge in [-0.05, 0) is 41.3 Å². The highest BCUT2D eigenvalue weighted by molar-refractivity contribution is 7.10. The highest BCUT2D eigenvalue weighted by Gasteiger charge is 2.18. The monoisotopic (exact) mass is 318 g/mol. The summed E-state index contributed by atoms with van der Waals surface area (Å²) in [5, 5.41) is 13.9. The fourth-order valence-corrected chi connectivity index (χ4v) is 3.13. The van der Waals surface area contributed by atoms with Gasteiger partial charge < -0.3 is 5.32 Å². The summed E-state index contributed by atoms with van der Waals surface area (Å²) < 4.78 is 0. The van der Waals surface area contributed by atoms with E-state index >= 15 is 0 Å². The van der Waals surface area contributed by atoms with Crippen molar-refractivity contribution in [2.75, 3.05) is 0 Å². The van der Waals surface area contributed by atoms with Gasteiger partial charge in [-0.25, -0.2) is 0 Å². The van der Waals surface area contributed by atoms with Gasteiger partial charge in [0, 0.05) is 10.4 Å². The molecular formula is C19H14N2OS. The molecule has 1 heterocycles. The highest BCUT2D eigenvalue weighted by atomic mass is 32.1. The molecule has 0 radical (unpaired) electrons. The number of carbonyl (C=O) groups is 1. The molecular weight excluding hydrogens is 304 g/mol. The quantitative estimate of drug-likeness (QED) is 0.786. The highest BCUT2D eigenvalue weighted by Crippen LogP contribution is 2.26. The van der Waals surface area contributed by atoms with Gasteiger partial charge in [-0.3, -0.25) is 4.79 Å². The van der Waals surface area contributed by atoms with Crippen LogP contribution in [0.5, 0.6) is 0 Å². The first-order valence-corrected chi connectivity index (χ1v) is 8.05.